The van der Waals surface area contributed by atoms with Crippen molar-refractivity contribution in [3.63, 3.8) is 0 Å². The Balaban J connectivity index is 2.56. The first-order chi connectivity index (χ1) is 7.93. The minimum atomic E-state index is -3.89. The molecule has 0 unspecified atom stereocenters. The van der Waals surface area contributed by atoms with Gasteiger partial charge in [0.05, 0.1) is 10.5 Å². The number of carboxylic acids is 1. The highest BCUT2D eigenvalue weighted by atomic mass is 32.2. The van der Waals surface area contributed by atoms with E-state index in [1.54, 1.807) is 0 Å². The molecule has 1 saturated heterocycles. The molecule has 1 aromatic rings. The average molecular weight is 259 g/mol. The Hall–Kier alpha value is -1.47. The molecule has 7 heteroatoms. The van der Waals surface area contributed by atoms with Crippen LogP contribution >= 0.6 is 0 Å². The number of rotatable bonds is 3. The summed E-state index contributed by atoms with van der Waals surface area (Å²) in [5, 5.41) is 8.89. The molecule has 5 nitrogen and oxygen atoms in total. The van der Waals surface area contributed by atoms with E-state index in [0.29, 0.717) is 13.1 Å². The lowest BCUT2D eigenvalue weighted by molar-refractivity contribution is 0.0692. The maximum atomic E-state index is 13.1. The highest BCUT2D eigenvalue weighted by Gasteiger charge is 2.32. The van der Waals surface area contributed by atoms with Crippen LogP contribution in [-0.4, -0.2) is 36.9 Å². The summed E-state index contributed by atoms with van der Waals surface area (Å²) in [5.74, 6) is -2.15. The predicted molar refractivity (Wildman–Crippen MR) is 56.7 cm³/mol. The minimum Gasteiger partial charge on any atom is -0.478 e. The second-order valence-corrected chi connectivity index (χ2v) is 5.61. The Bertz CT molecular complexity index is 566. The number of halogens is 1. The lowest BCUT2D eigenvalue weighted by Gasteiger charge is -2.30. The molecule has 1 aromatic carbocycles. The van der Waals surface area contributed by atoms with Gasteiger partial charge in [-0.2, -0.15) is 4.31 Å². The molecule has 0 spiro atoms. The Labute approximate surface area is 97.5 Å². The SMILES string of the molecule is O=C(O)c1ccc(F)cc1S(=O)(=O)N1CCC1. The van der Waals surface area contributed by atoms with Gasteiger partial charge in [-0.15, -0.1) is 0 Å². The van der Waals surface area contributed by atoms with Crippen LogP contribution in [0.5, 0.6) is 0 Å². The zero-order valence-corrected chi connectivity index (χ0v) is 9.58. The van der Waals surface area contributed by atoms with Gasteiger partial charge in [-0.25, -0.2) is 17.6 Å². The van der Waals surface area contributed by atoms with E-state index in [1.165, 1.54) is 0 Å². The topological polar surface area (TPSA) is 74.7 Å². The van der Waals surface area contributed by atoms with Crippen LogP contribution in [0, 0.1) is 5.82 Å². The Morgan fingerprint density at radius 2 is 2.00 bits per heavy atom. The zero-order valence-electron chi connectivity index (χ0n) is 8.76. The van der Waals surface area contributed by atoms with Gasteiger partial charge in [-0.05, 0) is 24.6 Å². The third-order valence-electron chi connectivity index (χ3n) is 2.61. The molecule has 1 N–H and O–H groups in total. The van der Waals surface area contributed by atoms with Crippen molar-refractivity contribution in [2.45, 2.75) is 11.3 Å². The van der Waals surface area contributed by atoms with Crippen LogP contribution in [0.2, 0.25) is 0 Å². The van der Waals surface area contributed by atoms with Crippen LogP contribution in [0.3, 0.4) is 0 Å². The molecule has 0 saturated carbocycles. The normalized spacial score (nSPS) is 16.5. The van der Waals surface area contributed by atoms with Crippen molar-refractivity contribution >= 4 is 16.0 Å². The monoisotopic (exact) mass is 259 g/mol. The molecule has 0 atom stereocenters. The van der Waals surface area contributed by atoms with Gasteiger partial charge < -0.3 is 5.11 Å². The van der Waals surface area contributed by atoms with Crippen molar-refractivity contribution < 1.29 is 22.7 Å². The smallest absolute Gasteiger partial charge is 0.337 e. The third-order valence-corrected chi connectivity index (χ3v) is 4.55. The number of benzene rings is 1. The molecule has 0 amide bonds. The van der Waals surface area contributed by atoms with Crippen molar-refractivity contribution in [2.75, 3.05) is 13.1 Å². The van der Waals surface area contributed by atoms with E-state index in [9.17, 15) is 17.6 Å². The molecule has 0 aromatic heterocycles. The van der Waals surface area contributed by atoms with Gasteiger partial charge in [0.1, 0.15) is 5.82 Å². The van der Waals surface area contributed by atoms with E-state index in [-0.39, 0.29) is 0 Å². The maximum Gasteiger partial charge on any atom is 0.337 e. The largest absolute Gasteiger partial charge is 0.478 e. The molecule has 92 valence electrons. The van der Waals surface area contributed by atoms with Crippen LogP contribution in [-0.2, 0) is 10.0 Å². The summed E-state index contributed by atoms with van der Waals surface area (Å²) in [5.41, 5.74) is -0.404. The lowest BCUT2D eigenvalue weighted by Crippen LogP contribution is -2.42. The predicted octanol–water partition coefficient (Wildman–Crippen LogP) is 0.918. The summed E-state index contributed by atoms with van der Waals surface area (Å²) in [6.45, 7) is 0.690. The number of hydrogen-bond acceptors (Lipinski definition) is 3. The molecule has 1 heterocycles. The van der Waals surface area contributed by atoms with E-state index in [1.807, 2.05) is 0 Å². The average Bonchev–Trinajstić information content (AvgIpc) is 2.13. The van der Waals surface area contributed by atoms with Gasteiger partial charge in [-0.3, -0.25) is 0 Å². The van der Waals surface area contributed by atoms with Crippen LogP contribution in [0.15, 0.2) is 23.1 Å². The van der Waals surface area contributed by atoms with Crippen LogP contribution in [0.1, 0.15) is 16.8 Å². The molecular weight excluding hydrogens is 249 g/mol. The maximum absolute atomic E-state index is 13.1. The highest BCUT2D eigenvalue weighted by Crippen LogP contribution is 2.25. The summed E-state index contributed by atoms with van der Waals surface area (Å²) >= 11 is 0. The summed E-state index contributed by atoms with van der Waals surface area (Å²) < 4.78 is 38.2. The standard InChI is InChI=1S/C10H10FNO4S/c11-7-2-3-8(10(13)14)9(6-7)17(15,16)12-4-1-5-12/h2-3,6H,1,4-5H2,(H,13,14). The van der Waals surface area contributed by atoms with Gasteiger partial charge in [0.15, 0.2) is 0 Å². The van der Waals surface area contributed by atoms with E-state index < -0.39 is 32.3 Å². The Morgan fingerprint density at radius 3 is 2.47 bits per heavy atom. The summed E-state index contributed by atoms with van der Waals surface area (Å²) in [6.07, 6.45) is 0.733. The number of hydrogen-bond donors (Lipinski definition) is 1. The summed E-state index contributed by atoms with van der Waals surface area (Å²) in [4.78, 5) is 10.4. The number of carboxylic acid groups (broad SMARTS) is 1. The van der Waals surface area contributed by atoms with Gasteiger partial charge in [0, 0.05) is 13.1 Å². The van der Waals surface area contributed by atoms with E-state index >= 15 is 0 Å². The fourth-order valence-electron chi connectivity index (χ4n) is 1.55. The molecule has 0 radical (unpaired) electrons. The molecule has 1 aliphatic heterocycles. The molecule has 0 bridgehead atoms. The summed E-state index contributed by atoms with van der Waals surface area (Å²) in [6, 6.07) is 2.64. The summed E-state index contributed by atoms with van der Waals surface area (Å²) in [7, 11) is -3.89. The van der Waals surface area contributed by atoms with Crippen molar-refractivity contribution in [1.82, 2.24) is 4.31 Å². The first-order valence-electron chi connectivity index (χ1n) is 4.96. The fourth-order valence-corrected chi connectivity index (χ4v) is 3.26. The molecule has 0 aliphatic carbocycles. The number of carbonyl (C=O) groups is 1. The third kappa shape index (κ3) is 2.03. The second kappa shape index (κ2) is 4.08. The highest BCUT2D eigenvalue weighted by molar-refractivity contribution is 7.89. The van der Waals surface area contributed by atoms with Gasteiger partial charge in [-0.1, -0.05) is 0 Å². The van der Waals surface area contributed by atoms with E-state index in [0.717, 1.165) is 28.9 Å². The Kier molecular flexibility index (Phi) is 2.88. The quantitative estimate of drug-likeness (QED) is 0.875. The van der Waals surface area contributed by atoms with Crippen LogP contribution in [0.25, 0.3) is 0 Å². The molecule has 17 heavy (non-hydrogen) atoms. The van der Waals surface area contributed by atoms with E-state index in [4.69, 9.17) is 5.11 Å². The lowest BCUT2D eigenvalue weighted by atomic mass is 10.2. The van der Waals surface area contributed by atoms with Gasteiger partial charge in [0.25, 0.3) is 0 Å². The van der Waals surface area contributed by atoms with Crippen molar-refractivity contribution in [1.29, 1.82) is 0 Å². The zero-order chi connectivity index (χ0) is 12.6. The number of sulfonamides is 1. The van der Waals surface area contributed by atoms with Crippen molar-refractivity contribution in [3.05, 3.63) is 29.6 Å². The first-order valence-corrected chi connectivity index (χ1v) is 6.40. The molecular formula is C10H10FNO4S. The minimum absolute atomic E-state index is 0.345. The number of aromatic carboxylic acids is 1. The second-order valence-electron chi connectivity index (χ2n) is 3.70. The number of nitrogens with zero attached hydrogens (tertiary/aromatic N) is 1. The Morgan fingerprint density at radius 1 is 1.35 bits per heavy atom. The van der Waals surface area contributed by atoms with Crippen molar-refractivity contribution in [2.24, 2.45) is 0 Å². The van der Waals surface area contributed by atoms with Crippen LogP contribution < -0.4 is 0 Å². The molecule has 2 rings (SSSR count). The van der Waals surface area contributed by atoms with Crippen molar-refractivity contribution in [3.8, 4) is 0 Å². The molecule has 1 aliphatic rings. The van der Waals surface area contributed by atoms with Gasteiger partial charge >= 0.3 is 5.97 Å². The van der Waals surface area contributed by atoms with E-state index in [2.05, 4.69) is 0 Å². The fraction of sp³-hybridized carbons (Fsp3) is 0.300. The first kappa shape index (κ1) is 12.0. The molecule has 1 fully saturated rings. The van der Waals surface area contributed by atoms with Crippen LogP contribution in [0.4, 0.5) is 4.39 Å². The van der Waals surface area contributed by atoms with Gasteiger partial charge in [0.2, 0.25) is 10.0 Å².